The highest BCUT2D eigenvalue weighted by Crippen LogP contribution is 2.35. The van der Waals surface area contributed by atoms with Crippen LogP contribution in [0.4, 0.5) is 0 Å². The van der Waals surface area contributed by atoms with Gasteiger partial charge in [-0.25, -0.2) is 16.8 Å². The smallest absolute Gasteiger partial charge is 0.243 e. The summed E-state index contributed by atoms with van der Waals surface area (Å²) in [6, 6.07) is 32.8. The molecule has 0 aromatic heterocycles. The van der Waals surface area contributed by atoms with E-state index in [0.29, 0.717) is 82.0 Å². The number of piperidine rings is 2. The van der Waals surface area contributed by atoms with Gasteiger partial charge < -0.3 is 10.2 Å². The van der Waals surface area contributed by atoms with E-state index in [1.807, 2.05) is 72.5 Å². The van der Waals surface area contributed by atoms with E-state index in [-0.39, 0.29) is 29.0 Å². The van der Waals surface area contributed by atoms with E-state index in [1.54, 1.807) is 36.4 Å². The van der Waals surface area contributed by atoms with Crippen LogP contribution in [0.5, 0.6) is 0 Å². The SMILES string of the molecule is C=C(C)c1ccc(S(=O)(=O)N2CCC3(CC2)NC(=O)CN3Cc2ccccc2)cc1.CC(=O)c1ccc(S(=O)(=O)N2CCC3(CC2)NCC(=O)N3Cc2ccccc2)cc1. The normalized spacial score (nSPS) is 19.5. The standard InChI is InChI=1S/C23H27N3O3S.C22H25N3O4S/c1-18(2)20-8-10-21(11-9-20)30(28,29)26-14-12-23(13-15-26)24-22(27)17-25(23)16-19-6-4-3-5-7-19;1-17(26)19-7-9-20(10-8-19)30(28,29)24-13-11-22(12-14-24)23-15-21(27)25(22)16-18-5-3-2-4-6-18/h3-11H,1,12-17H2,2H3,(H,24,27);2-10,23H,11-16H2,1H3. The fourth-order valence-electron chi connectivity index (χ4n) is 8.54. The van der Waals surface area contributed by atoms with Crippen LogP contribution in [-0.4, -0.2) is 103 Å². The predicted octanol–water partition coefficient (Wildman–Crippen LogP) is 4.83. The number of carbonyl (C=O) groups excluding carboxylic acids is 3. The first-order chi connectivity index (χ1) is 28.6. The number of Topliss-reactive ketones (excluding diaryl/α,β-unsaturated/α-hetero) is 1. The van der Waals surface area contributed by atoms with Crippen LogP contribution in [0.25, 0.3) is 5.57 Å². The summed E-state index contributed by atoms with van der Waals surface area (Å²) in [6.07, 6.45) is 2.18. The van der Waals surface area contributed by atoms with E-state index in [2.05, 4.69) is 22.1 Å². The van der Waals surface area contributed by atoms with Gasteiger partial charge in [-0.3, -0.25) is 24.6 Å². The third-order valence-corrected chi connectivity index (χ3v) is 15.9. The molecule has 4 aliphatic rings. The summed E-state index contributed by atoms with van der Waals surface area (Å²) in [6.45, 7) is 10.4. The summed E-state index contributed by atoms with van der Waals surface area (Å²) in [4.78, 5) is 40.7. The first-order valence-corrected chi connectivity index (χ1v) is 23.1. The molecule has 2 N–H and O–H groups in total. The van der Waals surface area contributed by atoms with Crippen LogP contribution >= 0.6 is 0 Å². The minimum atomic E-state index is -3.65. The van der Waals surface area contributed by atoms with Crippen molar-refractivity contribution in [2.24, 2.45) is 0 Å². The number of benzene rings is 4. The van der Waals surface area contributed by atoms with E-state index in [4.69, 9.17) is 0 Å². The van der Waals surface area contributed by atoms with E-state index in [9.17, 15) is 31.2 Å². The maximum atomic E-state index is 13.1. The Kier molecular flexibility index (Phi) is 12.6. The average molecular weight is 853 g/mol. The van der Waals surface area contributed by atoms with Gasteiger partial charge in [-0.1, -0.05) is 97.1 Å². The van der Waals surface area contributed by atoms with Crippen LogP contribution in [0.1, 0.15) is 66.6 Å². The van der Waals surface area contributed by atoms with Gasteiger partial charge in [0, 0.05) is 44.8 Å². The van der Waals surface area contributed by atoms with Crippen molar-refractivity contribution in [1.82, 2.24) is 29.0 Å². The minimum Gasteiger partial charge on any atom is -0.337 e. The van der Waals surface area contributed by atoms with Crippen molar-refractivity contribution in [3.8, 4) is 0 Å². The molecule has 4 aromatic carbocycles. The highest BCUT2D eigenvalue weighted by molar-refractivity contribution is 7.89. The largest absolute Gasteiger partial charge is 0.337 e. The van der Waals surface area contributed by atoms with Crippen LogP contribution in [0.3, 0.4) is 0 Å². The van der Waals surface area contributed by atoms with Gasteiger partial charge in [0.25, 0.3) is 0 Å². The second-order valence-electron chi connectivity index (χ2n) is 16.0. The number of rotatable bonds is 10. The van der Waals surface area contributed by atoms with Gasteiger partial charge in [-0.15, -0.1) is 0 Å². The van der Waals surface area contributed by atoms with Crippen LogP contribution in [0, 0.1) is 0 Å². The maximum Gasteiger partial charge on any atom is 0.243 e. The Balaban J connectivity index is 0.000000181. The van der Waals surface area contributed by atoms with Crippen LogP contribution in [0.15, 0.2) is 126 Å². The molecule has 0 aliphatic carbocycles. The molecule has 2 amide bonds. The fourth-order valence-corrected chi connectivity index (χ4v) is 11.4. The zero-order chi connectivity index (χ0) is 42.7. The zero-order valence-corrected chi connectivity index (χ0v) is 35.7. The summed E-state index contributed by atoms with van der Waals surface area (Å²) < 4.78 is 55.3. The number of ketones is 1. The van der Waals surface area contributed by atoms with E-state index < -0.39 is 31.4 Å². The van der Waals surface area contributed by atoms with Crippen molar-refractivity contribution in [2.75, 3.05) is 39.3 Å². The molecule has 0 radical (unpaired) electrons. The number of nitrogens with one attached hydrogen (secondary N) is 2. The van der Waals surface area contributed by atoms with Gasteiger partial charge in [0.2, 0.25) is 31.9 Å². The third-order valence-electron chi connectivity index (χ3n) is 12.1. The van der Waals surface area contributed by atoms with Crippen molar-refractivity contribution in [2.45, 2.75) is 73.7 Å². The highest BCUT2D eigenvalue weighted by atomic mass is 32.2. The molecule has 4 aliphatic heterocycles. The van der Waals surface area contributed by atoms with E-state index in [1.165, 1.54) is 27.7 Å². The number of sulfonamides is 2. The number of nitrogens with zero attached hydrogens (tertiary/aromatic N) is 4. The van der Waals surface area contributed by atoms with Crippen molar-refractivity contribution < 1.29 is 31.2 Å². The molecule has 4 heterocycles. The molecule has 0 atom stereocenters. The molecule has 2 spiro atoms. The topological polar surface area (TPSA) is 157 Å². The van der Waals surface area contributed by atoms with Crippen molar-refractivity contribution in [1.29, 1.82) is 0 Å². The Morgan fingerprint density at radius 1 is 0.633 bits per heavy atom. The maximum absolute atomic E-state index is 13.1. The van der Waals surface area contributed by atoms with Crippen LogP contribution < -0.4 is 10.6 Å². The summed E-state index contributed by atoms with van der Waals surface area (Å²) >= 11 is 0. The lowest BCUT2D eigenvalue weighted by Gasteiger charge is -2.44. The minimum absolute atomic E-state index is 0.00220. The van der Waals surface area contributed by atoms with Crippen molar-refractivity contribution in [3.05, 3.63) is 138 Å². The molecule has 8 rings (SSSR count). The first-order valence-electron chi connectivity index (χ1n) is 20.2. The molecule has 13 nitrogen and oxygen atoms in total. The first kappa shape index (κ1) is 43.1. The quantitative estimate of drug-likeness (QED) is 0.214. The van der Waals surface area contributed by atoms with Gasteiger partial charge in [-0.05, 0) is 80.5 Å². The van der Waals surface area contributed by atoms with Crippen LogP contribution in [0.2, 0.25) is 0 Å². The second kappa shape index (κ2) is 17.5. The lowest BCUT2D eigenvalue weighted by Crippen LogP contribution is -2.58. The number of allylic oxidation sites excluding steroid dienone is 1. The zero-order valence-electron chi connectivity index (χ0n) is 34.0. The number of hydrogen-bond donors (Lipinski definition) is 2. The Morgan fingerprint density at radius 3 is 1.55 bits per heavy atom. The number of amides is 2. The lowest BCUT2D eigenvalue weighted by molar-refractivity contribution is -0.132. The monoisotopic (exact) mass is 852 g/mol. The highest BCUT2D eigenvalue weighted by Gasteiger charge is 2.49. The lowest BCUT2D eigenvalue weighted by atomic mass is 9.96. The second-order valence-corrected chi connectivity index (χ2v) is 19.8. The Labute approximate surface area is 353 Å². The Hall–Kier alpha value is -5.03. The molecule has 0 unspecified atom stereocenters. The van der Waals surface area contributed by atoms with E-state index in [0.717, 1.165) is 22.3 Å². The predicted molar refractivity (Wildman–Crippen MR) is 229 cm³/mol. The molecule has 15 heteroatoms. The number of carbonyl (C=O) groups is 3. The Bertz CT molecular complexity index is 2330. The summed E-state index contributed by atoms with van der Waals surface area (Å²) in [5.74, 6) is -0.0676. The Morgan fingerprint density at radius 2 is 1.08 bits per heavy atom. The molecule has 0 bridgehead atoms. The number of hydrogen-bond acceptors (Lipinski definition) is 9. The molecule has 60 heavy (non-hydrogen) atoms. The fraction of sp³-hybridized carbons (Fsp3) is 0.356. The van der Waals surface area contributed by atoms with Gasteiger partial charge in [-0.2, -0.15) is 8.61 Å². The summed E-state index contributed by atoms with van der Waals surface area (Å²) in [5.41, 5.74) is 3.50. The van der Waals surface area contributed by atoms with Crippen LogP contribution in [-0.2, 0) is 42.7 Å². The molecule has 4 fully saturated rings. The van der Waals surface area contributed by atoms with Gasteiger partial charge in [0.15, 0.2) is 5.78 Å². The molecule has 4 saturated heterocycles. The molecule has 0 saturated carbocycles. The third kappa shape index (κ3) is 9.02. The molecule has 316 valence electrons. The summed E-state index contributed by atoms with van der Waals surface area (Å²) in [5, 5.41) is 6.47. The molecular formula is C45H52N6O7S2. The van der Waals surface area contributed by atoms with Crippen molar-refractivity contribution >= 4 is 43.2 Å². The van der Waals surface area contributed by atoms with E-state index >= 15 is 0 Å². The average Bonchev–Trinajstić information content (AvgIpc) is 3.71. The molecule has 4 aromatic rings. The summed E-state index contributed by atoms with van der Waals surface area (Å²) in [7, 11) is -7.22. The van der Waals surface area contributed by atoms with Gasteiger partial charge >= 0.3 is 0 Å². The van der Waals surface area contributed by atoms with Crippen molar-refractivity contribution in [3.63, 3.8) is 0 Å². The van der Waals surface area contributed by atoms with Gasteiger partial charge in [0.05, 0.1) is 34.2 Å². The molecular weight excluding hydrogens is 801 g/mol. The van der Waals surface area contributed by atoms with Gasteiger partial charge in [0.1, 0.15) is 0 Å².